The highest BCUT2D eigenvalue weighted by Gasteiger charge is 2.16. The first kappa shape index (κ1) is 21.8. The first-order valence-corrected chi connectivity index (χ1v) is 11.1. The third kappa shape index (κ3) is 4.55. The molecule has 1 N–H and O–H groups in total. The molecule has 9 nitrogen and oxygen atoms in total. The summed E-state index contributed by atoms with van der Waals surface area (Å²) >= 11 is 0. The summed E-state index contributed by atoms with van der Waals surface area (Å²) in [5.41, 5.74) is 3.07. The maximum absolute atomic E-state index is 12.8. The maximum atomic E-state index is 12.8. The number of amides is 1. The number of carbonyl (C=O) groups is 1. The summed E-state index contributed by atoms with van der Waals surface area (Å²) in [4.78, 5) is 25.7. The Morgan fingerprint density at radius 1 is 1.12 bits per heavy atom. The molecule has 0 spiro atoms. The van der Waals surface area contributed by atoms with Crippen molar-refractivity contribution >= 4 is 22.6 Å². The normalized spacial score (nSPS) is 14.2. The molecule has 1 saturated heterocycles. The number of hydrogen-bond acceptors (Lipinski definition) is 7. The highest BCUT2D eigenvalue weighted by molar-refractivity contribution is 6.04. The van der Waals surface area contributed by atoms with Gasteiger partial charge >= 0.3 is 6.01 Å². The Bertz CT molecular complexity index is 1310. The predicted molar refractivity (Wildman–Crippen MR) is 127 cm³/mol. The Labute approximate surface area is 196 Å². The van der Waals surface area contributed by atoms with E-state index < -0.39 is 0 Å². The second-order valence-electron chi connectivity index (χ2n) is 8.05. The molecule has 5 rings (SSSR count). The minimum Gasteiger partial charge on any atom is -0.490 e. The largest absolute Gasteiger partial charge is 0.490 e. The monoisotopic (exact) mass is 459 g/mol. The van der Waals surface area contributed by atoms with Gasteiger partial charge in [-0.05, 0) is 36.4 Å². The van der Waals surface area contributed by atoms with Gasteiger partial charge in [0.25, 0.3) is 5.91 Å². The summed E-state index contributed by atoms with van der Waals surface area (Å²) in [6.07, 6.45) is 5.30. The quantitative estimate of drug-likeness (QED) is 0.467. The standard InChI is InChI=1S/C25H25N5O4/c1-30-21-14-23(27-15-17(21)13-22(30)20-7-10-26-25(28-20)32-2)29-24(31)16-3-5-18(6-4-16)34-19-8-11-33-12-9-19/h3-7,10,13-15,19H,8-9,11-12H2,1-2H3,(H,27,29,31). The van der Waals surface area contributed by atoms with Gasteiger partial charge < -0.3 is 24.1 Å². The molecule has 0 radical (unpaired) electrons. The van der Waals surface area contributed by atoms with Crippen molar-refractivity contribution in [1.29, 1.82) is 0 Å². The van der Waals surface area contributed by atoms with Crippen molar-refractivity contribution < 1.29 is 19.0 Å². The number of methoxy groups -OCH3 is 1. The summed E-state index contributed by atoms with van der Waals surface area (Å²) in [5, 5.41) is 3.81. The van der Waals surface area contributed by atoms with Crippen molar-refractivity contribution in [3.8, 4) is 23.1 Å². The lowest BCUT2D eigenvalue weighted by Crippen LogP contribution is -2.25. The average Bonchev–Trinajstić information content (AvgIpc) is 3.21. The van der Waals surface area contributed by atoms with Crippen LogP contribution in [0.4, 0.5) is 5.82 Å². The number of nitrogens with zero attached hydrogens (tertiary/aromatic N) is 4. The second kappa shape index (κ2) is 9.48. The van der Waals surface area contributed by atoms with Crippen LogP contribution in [-0.4, -0.2) is 51.9 Å². The fourth-order valence-corrected chi connectivity index (χ4v) is 3.99. The fraction of sp³-hybridized carbons (Fsp3) is 0.280. The number of pyridine rings is 1. The van der Waals surface area contributed by atoms with Crippen LogP contribution in [0.1, 0.15) is 23.2 Å². The molecule has 1 aromatic carbocycles. The summed E-state index contributed by atoms with van der Waals surface area (Å²) in [6.45, 7) is 1.44. The van der Waals surface area contributed by atoms with E-state index in [9.17, 15) is 4.79 Å². The number of hydrogen-bond donors (Lipinski definition) is 1. The molecule has 0 aliphatic carbocycles. The van der Waals surface area contributed by atoms with Gasteiger partial charge in [0.05, 0.1) is 37.2 Å². The summed E-state index contributed by atoms with van der Waals surface area (Å²) in [5.74, 6) is 0.980. The van der Waals surface area contributed by atoms with Crippen molar-refractivity contribution in [2.75, 3.05) is 25.6 Å². The Hall–Kier alpha value is -3.98. The van der Waals surface area contributed by atoms with Crippen LogP contribution in [0.5, 0.6) is 11.8 Å². The van der Waals surface area contributed by atoms with Crippen LogP contribution in [0, 0.1) is 0 Å². The van der Waals surface area contributed by atoms with E-state index >= 15 is 0 Å². The van der Waals surface area contributed by atoms with E-state index in [-0.39, 0.29) is 12.0 Å². The number of aromatic nitrogens is 4. The Kier molecular flexibility index (Phi) is 6.09. The van der Waals surface area contributed by atoms with E-state index in [1.165, 1.54) is 7.11 Å². The number of rotatable bonds is 6. The van der Waals surface area contributed by atoms with Crippen molar-refractivity contribution in [3.05, 3.63) is 60.4 Å². The van der Waals surface area contributed by atoms with Crippen LogP contribution >= 0.6 is 0 Å². The van der Waals surface area contributed by atoms with E-state index in [2.05, 4.69) is 20.3 Å². The molecule has 0 saturated carbocycles. The molecular weight excluding hydrogens is 434 g/mol. The van der Waals surface area contributed by atoms with Crippen molar-refractivity contribution in [1.82, 2.24) is 19.5 Å². The van der Waals surface area contributed by atoms with Crippen molar-refractivity contribution in [2.24, 2.45) is 7.05 Å². The van der Waals surface area contributed by atoms with Gasteiger partial charge in [0.2, 0.25) is 0 Å². The van der Waals surface area contributed by atoms with Gasteiger partial charge in [-0.1, -0.05) is 0 Å². The van der Waals surface area contributed by atoms with Crippen LogP contribution in [-0.2, 0) is 11.8 Å². The van der Waals surface area contributed by atoms with Crippen LogP contribution in [0.15, 0.2) is 54.9 Å². The first-order valence-electron chi connectivity index (χ1n) is 11.1. The van der Waals surface area contributed by atoms with Crippen molar-refractivity contribution in [2.45, 2.75) is 18.9 Å². The van der Waals surface area contributed by atoms with E-state index in [1.54, 1.807) is 24.5 Å². The molecule has 174 valence electrons. The molecule has 4 aromatic rings. The third-order valence-electron chi connectivity index (χ3n) is 5.83. The Morgan fingerprint density at radius 2 is 1.91 bits per heavy atom. The van der Waals surface area contributed by atoms with Crippen LogP contribution < -0.4 is 14.8 Å². The molecule has 3 aromatic heterocycles. The molecule has 34 heavy (non-hydrogen) atoms. The fourth-order valence-electron chi connectivity index (χ4n) is 3.99. The Balaban J connectivity index is 1.31. The van der Waals surface area contributed by atoms with E-state index in [0.717, 1.165) is 54.1 Å². The molecule has 0 unspecified atom stereocenters. The van der Waals surface area contributed by atoms with Gasteiger partial charge in [-0.3, -0.25) is 4.79 Å². The number of anilines is 1. The van der Waals surface area contributed by atoms with Crippen molar-refractivity contribution in [3.63, 3.8) is 0 Å². The lowest BCUT2D eigenvalue weighted by Gasteiger charge is -2.23. The molecule has 4 heterocycles. The highest BCUT2D eigenvalue weighted by Crippen LogP contribution is 2.28. The molecular formula is C25H25N5O4. The minimum atomic E-state index is -0.237. The van der Waals surface area contributed by atoms with Gasteiger partial charge in [0, 0.05) is 49.3 Å². The summed E-state index contributed by atoms with van der Waals surface area (Å²) in [7, 11) is 3.47. The lowest BCUT2D eigenvalue weighted by atomic mass is 10.1. The number of carbonyl (C=O) groups excluding carboxylic acids is 1. The number of fused-ring (bicyclic) bond motifs is 1. The Morgan fingerprint density at radius 3 is 2.68 bits per heavy atom. The summed E-state index contributed by atoms with van der Waals surface area (Å²) in [6, 6.07) is 13.1. The lowest BCUT2D eigenvalue weighted by molar-refractivity contribution is 0.0256. The zero-order chi connectivity index (χ0) is 23.5. The predicted octanol–water partition coefficient (Wildman–Crippen LogP) is 3.85. The number of aryl methyl sites for hydroxylation is 1. The molecule has 0 atom stereocenters. The van der Waals surface area contributed by atoms with Gasteiger partial charge in [-0.15, -0.1) is 0 Å². The van der Waals surface area contributed by atoms with Crippen LogP contribution in [0.3, 0.4) is 0 Å². The van der Waals surface area contributed by atoms with Gasteiger partial charge in [0.1, 0.15) is 17.7 Å². The smallest absolute Gasteiger partial charge is 0.316 e. The molecule has 1 amide bonds. The van der Waals surface area contributed by atoms with E-state index in [4.69, 9.17) is 14.2 Å². The highest BCUT2D eigenvalue weighted by atomic mass is 16.5. The van der Waals surface area contributed by atoms with Gasteiger partial charge in [-0.25, -0.2) is 9.97 Å². The zero-order valence-electron chi connectivity index (χ0n) is 19.0. The van der Waals surface area contributed by atoms with Crippen LogP contribution in [0.25, 0.3) is 22.3 Å². The topological polar surface area (TPSA) is 100 Å². The molecule has 1 fully saturated rings. The molecule has 1 aliphatic heterocycles. The maximum Gasteiger partial charge on any atom is 0.316 e. The van der Waals surface area contributed by atoms with Gasteiger partial charge in [0.15, 0.2) is 0 Å². The SMILES string of the molecule is COc1nccc(-c2cc3cnc(NC(=O)c4ccc(OC5CCOCC5)cc4)cc3n2C)n1. The molecule has 9 heteroatoms. The van der Waals surface area contributed by atoms with Gasteiger partial charge in [-0.2, -0.15) is 4.98 Å². The third-order valence-corrected chi connectivity index (χ3v) is 5.83. The first-order chi connectivity index (χ1) is 16.6. The van der Waals surface area contributed by atoms with Crippen LogP contribution in [0.2, 0.25) is 0 Å². The number of nitrogens with one attached hydrogen (secondary N) is 1. The van der Waals surface area contributed by atoms with E-state index in [1.807, 2.05) is 41.9 Å². The average molecular weight is 460 g/mol. The molecule has 0 bridgehead atoms. The summed E-state index contributed by atoms with van der Waals surface area (Å²) < 4.78 is 18.5. The minimum absolute atomic E-state index is 0.156. The molecule has 1 aliphatic rings. The second-order valence-corrected chi connectivity index (χ2v) is 8.05. The zero-order valence-corrected chi connectivity index (χ0v) is 19.0. The number of ether oxygens (including phenoxy) is 3. The number of benzene rings is 1. The van der Waals surface area contributed by atoms with E-state index in [0.29, 0.717) is 17.4 Å².